The fraction of sp³-hybridized carbons (Fsp3) is 0.385. The van der Waals surface area contributed by atoms with Crippen LogP contribution in [0.1, 0.15) is 37.2 Å². The van der Waals surface area contributed by atoms with Gasteiger partial charge in [0.2, 0.25) is 5.89 Å². The van der Waals surface area contributed by atoms with Gasteiger partial charge in [-0.2, -0.15) is 16.7 Å². The summed E-state index contributed by atoms with van der Waals surface area (Å²) in [5.41, 5.74) is 7.06. The maximum absolute atomic E-state index is 6.08. The molecule has 2 aromatic rings. The Bertz CT molecular complexity index is 484. The number of hydrogen-bond donors (Lipinski definition) is 1. The molecule has 1 atom stereocenters. The molecule has 0 fully saturated rings. The largest absolute Gasteiger partial charge is 0.337 e. The van der Waals surface area contributed by atoms with Crippen LogP contribution >= 0.6 is 11.8 Å². The highest BCUT2D eigenvalue weighted by atomic mass is 32.2. The van der Waals surface area contributed by atoms with Crippen molar-refractivity contribution in [1.82, 2.24) is 10.1 Å². The van der Waals surface area contributed by atoms with Crippen LogP contribution < -0.4 is 5.73 Å². The first-order valence-corrected chi connectivity index (χ1v) is 6.96. The van der Waals surface area contributed by atoms with Gasteiger partial charge in [-0.3, -0.25) is 0 Å². The number of hydrogen-bond acceptors (Lipinski definition) is 5. The minimum absolute atomic E-state index is 0.350. The van der Waals surface area contributed by atoms with Gasteiger partial charge in [-0.1, -0.05) is 49.3 Å². The minimum atomic E-state index is -0.350. The summed E-state index contributed by atoms with van der Waals surface area (Å²) >= 11 is 1.78. The first kappa shape index (κ1) is 13.1. The third-order valence-electron chi connectivity index (χ3n) is 2.45. The van der Waals surface area contributed by atoms with E-state index in [-0.39, 0.29) is 6.04 Å². The van der Waals surface area contributed by atoms with E-state index in [1.807, 2.05) is 30.3 Å². The zero-order valence-corrected chi connectivity index (χ0v) is 11.4. The SMILES string of the molecule is CC(C)SCc1noc([C@H](N)c2ccccc2)n1. The number of nitrogens with zero attached hydrogens (tertiary/aromatic N) is 2. The van der Waals surface area contributed by atoms with Gasteiger partial charge in [-0.25, -0.2) is 0 Å². The predicted molar refractivity (Wildman–Crippen MR) is 73.2 cm³/mol. The van der Waals surface area contributed by atoms with Gasteiger partial charge in [0.25, 0.3) is 0 Å². The van der Waals surface area contributed by atoms with Crippen molar-refractivity contribution in [2.45, 2.75) is 30.9 Å². The Hall–Kier alpha value is -1.33. The van der Waals surface area contributed by atoms with Crippen molar-refractivity contribution in [3.8, 4) is 0 Å². The third kappa shape index (κ3) is 3.34. The van der Waals surface area contributed by atoms with Crippen molar-refractivity contribution in [3.05, 3.63) is 47.6 Å². The van der Waals surface area contributed by atoms with E-state index in [4.69, 9.17) is 10.3 Å². The van der Waals surface area contributed by atoms with Gasteiger partial charge >= 0.3 is 0 Å². The van der Waals surface area contributed by atoms with Gasteiger partial charge in [-0.15, -0.1) is 0 Å². The fourth-order valence-electron chi connectivity index (χ4n) is 1.50. The Kier molecular flexibility index (Phi) is 4.38. The molecular weight excluding hydrogens is 246 g/mol. The van der Waals surface area contributed by atoms with Crippen LogP contribution in [-0.4, -0.2) is 15.4 Å². The Morgan fingerprint density at radius 2 is 2.00 bits per heavy atom. The molecule has 0 unspecified atom stereocenters. The quantitative estimate of drug-likeness (QED) is 0.898. The summed E-state index contributed by atoms with van der Waals surface area (Å²) < 4.78 is 5.21. The lowest BCUT2D eigenvalue weighted by atomic mass is 10.1. The van der Waals surface area contributed by atoms with E-state index >= 15 is 0 Å². The van der Waals surface area contributed by atoms with Crippen LogP contribution in [0.2, 0.25) is 0 Å². The molecule has 4 nitrogen and oxygen atoms in total. The van der Waals surface area contributed by atoms with E-state index in [0.717, 1.165) is 11.3 Å². The summed E-state index contributed by atoms with van der Waals surface area (Å²) in [7, 11) is 0. The fourth-order valence-corrected chi connectivity index (χ4v) is 2.10. The molecule has 18 heavy (non-hydrogen) atoms. The molecule has 5 heteroatoms. The highest BCUT2D eigenvalue weighted by Crippen LogP contribution is 2.20. The number of aromatic nitrogens is 2. The molecule has 1 aromatic carbocycles. The highest BCUT2D eigenvalue weighted by molar-refractivity contribution is 7.99. The zero-order valence-electron chi connectivity index (χ0n) is 10.5. The molecular formula is C13H17N3OS. The Labute approximate surface area is 111 Å². The molecule has 0 aliphatic heterocycles. The van der Waals surface area contributed by atoms with Crippen LogP contribution in [0.4, 0.5) is 0 Å². The summed E-state index contributed by atoms with van der Waals surface area (Å²) in [6, 6.07) is 9.41. The molecule has 1 aromatic heterocycles. The van der Waals surface area contributed by atoms with Gasteiger partial charge in [0.15, 0.2) is 5.82 Å². The summed E-state index contributed by atoms with van der Waals surface area (Å²) in [5.74, 6) is 1.93. The van der Waals surface area contributed by atoms with Crippen molar-refractivity contribution in [2.75, 3.05) is 0 Å². The second-order valence-electron chi connectivity index (χ2n) is 4.30. The smallest absolute Gasteiger partial charge is 0.248 e. The molecule has 2 rings (SSSR count). The van der Waals surface area contributed by atoms with Crippen molar-refractivity contribution in [1.29, 1.82) is 0 Å². The molecule has 0 bridgehead atoms. The van der Waals surface area contributed by atoms with E-state index in [2.05, 4.69) is 24.0 Å². The number of rotatable bonds is 5. The molecule has 96 valence electrons. The van der Waals surface area contributed by atoms with Crippen LogP contribution in [0.5, 0.6) is 0 Å². The Morgan fingerprint density at radius 3 is 2.67 bits per heavy atom. The second kappa shape index (κ2) is 6.02. The van der Waals surface area contributed by atoms with Crippen LogP contribution in [-0.2, 0) is 5.75 Å². The molecule has 1 heterocycles. The van der Waals surface area contributed by atoms with Crippen LogP contribution in [0.3, 0.4) is 0 Å². The summed E-state index contributed by atoms with van der Waals surface area (Å²) in [6.45, 7) is 4.28. The van der Waals surface area contributed by atoms with Gasteiger partial charge in [0, 0.05) is 0 Å². The summed E-state index contributed by atoms with van der Waals surface area (Å²) in [5, 5.41) is 4.50. The molecule has 0 amide bonds. The van der Waals surface area contributed by atoms with Gasteiger partial charge < -0.3 is 10.3 Å². The molecule has 0 spiro atoms. The van der Waals surface area contributed by atoms with Crippen LogP contribution in [0, 0.1) is 0 Å². The van der Waals surface area contributed by atoms with Gasteiger partial charge in [0.1, 0.15) is 6.04 Å². The maximum Gasteiger partial charge on any atom is 0.248 e. The molecule has 0 aliphatic carbocycles. The standard InChI is InChI=1S/C13H17N3OS/c1-9(2)18-8-11-15-13(17-16-11)12(14)10-6-4-3-5-7-10/h3-7,9,12H,8,14H2,1-2H3/t12-/m1/s1. The normalized spacial score (nSPS) is 12.9. The first-order chi connectivity index (χ1) is 8.66. The third-order valence-corrected chi connectivity index (χ3v) is 3.55. The number of nitrogens with two attached hydrogens (primary N) is 1. The minimum Gasteiger partial charge on any atom is -0.337 e. The second-order valence-corrected chi connectivity index (χ2v) is 5.86. The lowest BCUT2D eigenvalue weighted by Gasteiger charge is -2.05. The van der Waals surface area contributed by atoms with Crippen LogP contribution in [0.25, 0.3) is 0 Å². The van der Waals surface area contributed by atoms with Crippen molar-refractivity contribution in [2.24, 2.45) is 5.73 Å². The summed E-state index contributed by atoms with van der Waals surface area (Å²) in [4.78, 5) is 4.33. The molecule has 0 saturated carbocycles. The summed E-state index contributed by atoms with van der Waals surface area (Å²) in [6.07, 6.45) is 0. The highest BCUT2D eigenvalue weighted by Gasteiger charge is 2.16. The lowest BCUT2D eigenvalue weighted by Crippen LogP contribution is -2.12. The lowest BCUT2D eigenvalue weighted by molar-refractivity contribution is 0.363. The topological polar surface area (TPSA) is 64.9 Å². The van der Waals surface area contributed by atoms with E-state index in [9.17, 15) is 0 Å². The Morgan fingerprint density at radius 1 is 1.28 bits per heavy atom. The van der Waals surface area contributed by atoms with Crippen molar-refractivity contribution >= 4 is 11.8 Å². The average Bonchev–Trinajstić information content (AvgIpc) is 2.85. The van der Waals surface area contributed by atoms with E-state index in [1.54, 1.807) is 11.8 Å². The Balaban J connectivity index is 2.06. The van der Waals surface area contributed by atoms with E-state index < -0.39 is 0 Å². The molecule has 0 radical (unpaired) electrons. The van der Waals surface area contributed by atoms with Gasteiger partial charge in [0.05, 0.1) is 5.75 Å². The maximum atomic E-state index is 6.08. The number of benzene rings is 1. The number of thioether (sulfide) groups is 1. The molecule has 2 N–H and O–H groups in total. The van der Waals surface area contributed by atoms with Crippen LogP contribution in [0.15, 0.2) is 34.9 Å². The predicted octanol–water partition coefficient (Wildman–Crippen LogP) is 2.76. The molecule has 0 aliphatic rings. The first-order valence-electron chi connectivity index (χ1n) is 5.91. The zero-order chi connectivity index (χ0) is 13.0. The monoisotopic (exact) mass is 263 g/mol. The van der Waals surface area contributed by atoms with Gasteiger partial charge in [-0.05, 0) is 10.8 Å². The van der Waals surface area contributed by atoms with Crippen molar-refractivity contribution < 1.29 is 4.52 Å². The van der Waals surface area contributed by atoms with Crippen molar-refractivity contribution in [3.63, 3.8) is 0 Å². The van der Waals surface area contributed by atoms with E-state index in [0.29, 0.717) is 17.0 Å². The van der Waals surface area contributed by atoms with E-state index in [1.165, 1.54) is 0 Å². The molecule has 0 saturated heterocycles. The average molecular weight is 263 g/mol.